The minimum atomic E-state index is 0.211. The molecule has 1 N–H and O–H groups in total. The minimum absolute atomic E-state index is 0.211. The number of ether oxygens (including phenoxy) is 2. The Labute approximate surface area is 121 Å². The van der Waals surface area contributed by atoms with Crippen LogP contribution in [-0.4, -0.2) is 49.5 Å². The molecule has 0 amide bonds. The summed E-state index contributed by atoms with van der Waals surface area (Å²) >= 11 is 2.05. The molecule has 3 aliphatic rings. The summed E-state index contributed by atoms with van der Waals surface area (Å²) in [5, 5.41) is 3.71. The van der Waals surface area contributed by atoms with E-state index in [1.165, 1.54) is 43.6 Å². The monoisotopic (exact) mass is 285 g/mol. The van der Waals surface area contributed by atoms with Crippen molar-refractivity contribution in [2.24, 2.45) is 5.92 Å². The van der Waals surface area contributed by atoms with E-state index in [4.69, 9.17) is 9.47 Å². The van der Waals surface area contributed by atoms with Gasteiger partial charge in [0, 0.05) is 31.6 Å². The van der Waals surface area contributed by atoms with Gasteiger partial charge in [-0.05, 0) is 56.7 Å². The third kappa shape index (κ3) is 4.35. The van der Waals surface area contributed by atoms with Gasteiger partial charge in [-0.3, -0.25) is 0 Å². The second-order valence-electron chi connectivity index (χ2n) is 6.35. The third-order valence-electron chi connectivity index (χ3n) is 4.51. The van der Waals surface area contributed by atoms with E-state index in [1.807, 2.05) is 0 Å². The molecule has 2 heterocycles. The van der Waals surface area contributed by atoms with Crippen LogP contribution in [0.5, 0.6) is 0 Å². The van der Waals surface area contributed by atoms with E-state index in [9.17, 15) is 0 Å². The van der Waals surface area contributed by atoms with E-state index >= 15 is 0 Å². The SMILES string of the molecule is C(CNC1CCOC2(CCSC2)C1)COCC1CC1. The van der Waals surface area contributed by atoms with E-state index in [1.54, 1.807) is 0 Å². The molecule has 0 aromatic heterocycles. The van der Waals surface area contributed by atoms with Crippen LogP contribution < -0.4 is 5.32 Å². The second-order valence-corrected chi connectivity index (χ2v) is 7.45. The summed E-state index contributed by atoms with van der Waals surface area (Å²) in [5.74, 6) is 3.38. The van der Waals surface area contributed by atoms with Crippen molar-refractivity contribution in [1.82, 2.24) is 5.32 Å². The normalized spacial score (nSPS) is 35.1. The molecule has 2 aliphatic heterocycles. The van der Waals surface area contributed by atoms with Crippen molar-refractivity contribution in [3.63, 3.8) is 0 Å². The molecule has 2 unspecified atom stereocenters. The molecule has 1 aliphatic carbocycles. The highest BCUT2D eigenvalue weighted by Gasteiger charge is 2.40. The predicted octanol–water partition coefficient (Wildman–Crippen LogP) is 2.45. The van der Waals surface area contributed by atoms with E-state index in [0.29, 0.717) is 6.04 Å². The van der Waals surface area contributed by atoms with Crippen molar-refractivity contribution in [1.29, 1.82) is 0 Å². The van der Waals surface area contributed by atoms with Crippen LogP contribution in [0, 0.1) is 5.92 Å². The third-order valence-corrected chi connectivity index (χ3v) is 5.73. The van der Waals surface area contributed by atoms with Gasteiger partial charge in [-0.25, -0.2) is 0 Å². The lowest BCUT2D eigenvalue weighted by Gasteiger charge is -2.38. The van der Waals surface area contributed by atoms with Crippen LogP contribution in [0.4, 0.5) is 0 Å². The molecule has 0 radical (unpaired) electrons. The molecule has 1 spiro atoms. The Bertz CT molecular complexity index is 277. The molecule has 19 heavy (non-hydrogen) atoms. The summed E-state index contributed by atoms with van der Waals surface area (Å²) in [7, 11) is 0. The van der Waals surface area contributed by atoms with Gasteiger partial charge >= 0.3 is 0 Å². The van der Waals surface area contributed by atoms with Crippen LogP contribution >= 0.6 is 11.8 Å². The zero-order chi connectivity index (χ0) is 13.0. The summed E-state index contributed by atoms with van der Waals surface area (Å²) in [6, 6.07) is 0.663. The van der Waals surface area contributed by atoms with Crippen LogP contribution in [0.3, 0.4) is 0 Å². The molecule has 3 fully saturated rings. The van der Waals surface area contributed by atoms with Crippen LogP contribution in [0.15, 0.2) is 0 Å². The highest BCUT2D eigenvalue weighted by molar-refractivity contribution is 7.99. The van der Waals surface area contributed by atoms with Crippen molar-refractivity contribution in [2.45, 2.75) is 50.2 Å². The number of nitrogens with one attached hydrogen (secondary N) is 1. The molecule has 0 bridgehead atoms. The van der Waals surface area contributed by atoms with E-state index in [2.05, 4.69) is 17.1 Å². The average molecular weight is 285 g/mol. The Balaban J connectivity index is 1.26. The van der Waals surface area contributed by atoms with Gasteiger partial charge in [-0.1, -0.05) is 0 Å². The van der Waals surface area contributed by atoms with Gasteiger partial charge in [0.05, 0.1) is 5.60 Å². The first kappa shape index (κ1) is 14.2. The van der Waals surface area contributed by atoms with Crippen LogP contribution in [0.1, 0.15) is 38.5 Å². The first-order valence-corrected chi connectivity index (χ1v) is 9.05. The average Bonchev–Trinajstić information content (AvgIpc) is 3.15. The summed E-state index contributed by atoms with van der Waals surface area (Å²) in [5.41, 5.74) is 0.211. The highest BCUT2D eigenvalue weighted by Crippen LogP contribution is 2.38. The van der Waals surface area contributed by atoms with E-state index < -0.39 is 0 Å². The number of hydrogen-bond acceptors (Lipinski definition) is 4. The predicted molar refractivity (Wildman–Crippen MR) is 79.8 cm³/mol. The number of thioether (sulfide) groups is 1. The Kier molecular flexibility index (Phi) is 5.07. The number of hydrogen-bond donors (Lipinski definition) is 1. The zero-order valence-corrected chi connectivity index (χ0v) is 12.7. The summed E-state index contributed by atoms with van der Waals surface area (Å²) in [4.78, 5) is 0. The molecule has 0 aromatic rings. The van der Waals surface area contributed by atoms with Gasteiger partial charge in [-0.15, -0.1) is 0 Å². The Hall–Kier alpha value is 0.230. The minimum Gasteiger partial charge on any atom is -0.381 e. The van der Waals surface area contributed by atoms with Gasteiger partial charge in [0.15, 0.2) is 0 Å². The lowest BCUT2D eigenvalue weighted by atomic mass is 9.90. The molecule has 110 valence electrons. The van der Waals surface area contributed by atoms with Crippen LogP contribution in [0.2, 0.25) is 0 Å². The second kappa shape index (κ2) is 6.79. The molecule has 2 atom stereocenters. The maximum atomic E-state index is 6.05. The van der Waals surface area contributed by atoms with Crippen LogP contribution in [0.25, 0.3) is 0 Å². The largest absolute Gasteiger partial charge is 0.381 e. The molecule has 3 rings (SSSR count). The fraction of sp³-hybridized carbons (Fsp3) is 1.00. The van der Waals surface area contributed by atoms with Crippen molar-refractivity contribution >= 4 is 11.8 Å². The lowest BCUT2D eigenvalue weighted by Crippen LogP contribution is -2.47. The maximum absolute atomic E-state index is 6.05. The quantitative estimate of drug-likeness (QED) is 0.728. The van der Waals surface area contributed by atoms with Gasteiger partial charge in [-0.2, -0.15) is 11.8 Å². The molecule has 1 saturated carbocycles. The summed E-state index contributed by atoms with van der Waals surface area (Å²) in [6.45, 7) is 3.96. The Morgan fingerprint density at radius 2 is 2.26 bits per heavy atom. The Morgan fingerprint density at radius 1 is 1.32 bits per heavy atom. The first-order chi connectivity index (χ1) is 9.36. The van der Waals surface area contributed by atoms with Gasteiger partial charge in [0.2, 0.25) is 0 Å². The van der Waals surface area contributed by atoms with E-state index in [0.717, 1.165) is 38.7 Å². The molecule has 0 aromatic carbocycles. The molecular formula is C15H27NO2S. The van der Waals surface area contributed by atoms with Gasteiger partial charge in [0.1, 0.15) is 0 Å². The first-order valence-electron chi connectivity index (χ1n) is 7.89. The number of rotatable bonds is 7. The molecule has 4 heteroatoms. The van der Waals surface area contributed by atoms with E-state index in [-0.39, 0.29) is 5.60 Å². The van der Waals surface area contributed by atoms with Crippen molar-refractivity contribution in [2.75, 3.05) is 37.9 Å². The summed E-state index contributed by atoms with van der Waals surface area (Å²) in [6.07, 6.45) is 7.56. The lowest BCUT2D eigenvalue weighted by molar-refractivity contribution is -0.0701. The highest BCUT2D eigenvalue weighted by atomic mass is 32.2. The zero-order valence-electron chi connectivity index (χ0n) is 11.9. The maximum Gasteiger partial charge on any atom is 0.0795 e. The topological polar surface area (TPSA) is 30.5 Å². The van der Waals surface area contributed by atoms with Crippen LogP contribution in [-0.2, 0) is 9.47 Å². The molecular weight excluding hydrogens is 258 g/mol. The fourth-order valence-corrected chi connectivity index (χ4v) is 4.46. The molecule has 3 nitrogen and oxygen atoms in total. The van der Waals surface area contributed by atoms with Gasteiger partial charge in [0.25, 0.3) is 0 Å². The van der Waals surface area contributed by atoms with Gasteiger partial charge < -0.3 is 14.8 Å². The molecule has 2 saturated heterocycles. The summed E-state index contributed by atoms with van der Waals surface area (Å²) < 4.78 is 11.7. The standard InChI is InChI=1S/C15H27NO2S/c1(7-17-11-13-2-3-13)6-16-14-4-8-18-15(10-14)5-9-19-12-15/h13-14,16H,1-12H2. The van der Waals surface area contributed by atoms with Crippen molar-refractivity contribution < 1.29 is 9.47 Å². The Morgan fingerprint density at radius 3 is 3.05 bits per heavy atom. The van der Waals surface area contributed by atoms with Crippen molar-refractivity contribution in [3.05, 3.63) is 0 Å². The smallest absolute Gasteiger partial charge is 0.0795 e. The fourth-order valence-electron chi connectivity index (χ4n) is 3.08. The van der Waals surface area contributed by atoms with Crippen molar-refractivity contribution in [3.8, 4) is 0 Å².